The summed E-state index contributed by atoms with van der Waals surface area (Å²) in [5, 5.41) is 19.3. The van der Waals surface area contributed by atoms with Gasteiger partial charge in [0.1, 0.15) is 5.00 Å². The van der Waals surface area contributed by atoms with Crippen LogP contribution in [0.3, 0.4) is 0 Å². The van der Waals surface area contributed by atoms with Crippen LogP contribution in [0.4, 0.5) is 9.80 Å². The molecule has 0 aliphatic carbocycles. The Morgan fingerprint density at radius 3 is 2.95 bits per heavy atom. The second-order valence-electron chi connectivity index (χ2n) is 3.51. The largest absolute Gasteiger partial charge is 0.478 e. The van der Waals surface area contributed by atoms with Crippen molar-refractivity contribution < 1.29 is 19.2 Å². The van der Waals surface area contributed by atoms with Gasteiger partial charge in [0.05, 0.1) is 12.1 Å². The summed E-state index contributed by atoms with van der Waals surface area (Å²) in [5.74, 6) is -0.341. The number of aromatic carboxylic acids is 1. The molecule has 2 aromatic rings. The number of carboxylic acid groups (broad SMARTS) is 1. The van der Waals surface area contributed by atoms with Crippen molar-refractivity contribution in [2.45, 2.75) is 13.5 Å². The van der Waals surface area contributed by atoms with Crippen LogP contribution in [-0.2, 0) is 6.54 Å². The van der Waals surface area contributed by atoms with Crippen molar-refractivity contribution in [3.05, 3.63) is 28.7 Å². The number of hydrogen-bond donors (Lipinski definition) is 3. The van der Waals surface area contributed by atoms with Crippen LogP contribution in [0.15, 0.2) is 16.0 Å². The molecule has 0 aliphatic heterocycles. The topological polar surface area (TPSA) is 117 Å². The maximum absolute atomic E-state index is 11.6. The fraction of sp³-hybridized carbons (Fsp3) is 0.200. The molecule has 9 heteroatoms. The Bertz CT molecular complexity index is 606. The number of rotatable bonds is 4. The van der Waals surface area contributed by atoms with Crippen molar-refractivity contribution in [3.8, 4) is 0 Å². The number of nitrogens with one attached hydrogen (secondary N) is 2. The van der Waals surface area contributed by atoms with Crippen LogP contribution in [0.5, 0.6) is 0 Å². The van der Waals surface area contributed by atoms with Crippen molar-refractivity contribution >= 4 is 28.3 Å². The van der Waals surface area contributed by atoms with E-state index < -0.39 is 12.0 Å². The van der Waals surface area contributed by atoms with E-state index in [4.69, 9.17) is 9.63 Å². The van der Waals surface area contributed by atoms with Gasteiger partial charge >= 0.3 is 12.0 Å². The quantitative estimate of drug-likeness (QED) is 0.781. The molecule has 100 valence electrons. The monoisotopic (exact) mass is 282 g/mol. The first-order valence-electron chi connectivity index (χ1n) is 5.21. The van der Waals surface area contributed by atoms with Gasteiger partial charge in [0, 0.05) is 6.92 Å². The zero-order valence-corrected chi connectivity index (χ0v) is 10.7. The Hall–Kier alpha value is -2.42. The lowest BCUT2D eigenvalue weighted by molar-refractivity contribution is 0.0698. The van der Waals surface area contributed by atoms with Crippen LogP contribution >= 0.6 is 11.3 Å². The summed E-state index contributed by atoms with van der Waals surface area (Å²) in [7, 11) is 0. The number of carbonyl (C=O) groups is 2. The van der Waals surface area contributed by atoms with Gasteiger partial charge in [0.25, 0.3) is 0 Å². The molecular weight excluding hydrogens is 272 g/mol. The molecule has 0 spiro atoms. The van der Waals surface area contributed by atoms with E-state index in [1.165, 1.54) is 6.07 Å². The fourth-order valence-electron chi connectivity index (χ4n) is 1.29. The zero-order valence-electron chi connectivity index (χ0n) is 9.84. The van der Waals surface area contributed by atoms with E-state index in [1.54, 1.807) is 12.3 Å². The number of hydrogen-bond acceptors (Lipinski definition) is 6. The minimum absolute atomic E-state index is 0.0514. The fourth-order valence-corrected chi connectivity index (χ4v) is 2.07. The number of amides is 2. The van der Waals surface area contributed by atoms with Gasteiger partial charge in [-0.15, -0.1) is 11.3 Å². The molecule has 2 amide bonds. The van der Waals surface area contributed by atoms with Crippen LogP contribution in [0, 0.1) is 6.92 Å². The number of nitrogens with zero attached hydrogens (tertiary/aromatic N) is 2. The van der Waals surface area contributed by atoms with E-state index in [9.17, 15) is 9.59 Å². The molecule has 0 atom stereocenters. The molecule has 0 fully saturated rings. The molecule has 0 saturated carbocycles. The third-order valence-corrected chi connectivity index (χ3v) is 2.93. The summed E-state index contributed by atoms with van der Waals surface area (Å²) in [6, 6.07) is 0.887. The maximum atomic E-state index is 11.6. The molecule has 2 heterocycles. The summed E-state index contributed by atoms with van der Waals surface area (Å²) < 4.78 is 4.74. The molecule has 0 bridgehead atoms. The molecule has 0 unspecified atom stereocenters. The first-order valence-corrected chi connectivity index (χ1v) is 6.09. The molecule has 8 nitrogen and oxygen atoms in total. The smallest absolute Gasteiger partial charge is 0.338 e. The van der Waals surface area contributed by atoms with Gasteiger partial charge < -0.3 is 14.9 Å². The first kappa shape index (κ1) is 13.0. The van der Waals surface area contributed by atoms with E-state index in [0.29, 0.717) is 11.7 Å². The van der Waals surface area contributed by atoms with Gasteiger partial charge in [-0.2, -0.15) is 4.98 Å². The molecule has 0 aromatic carbocycles. The van der Waals surface area contributed by atoms with E-state index in [1.807, 2.05) is 0 Å². The SMILES string of the molecule is Cc1nc(CNC(=O)Nc2sccc2C(=O)O)no1. The Labute approximate surface area is 111 Å². The predicted molar refractivity (Wildman–Crippen MR) is 66.2 cm³/mol. The highest BCUT2D eigenvalue weighted by Crippen LogP contribution is 2.22. The summed E-state index contributed by atoms with van der Waals surface area (Å²) >= 11 is 1.13. The number of anilines is 1. The van der Waals surface area contributed by atoms with Crippen LogP contribution in [0.25, 0.3) is 0 Å². The van der Waals surface area contributed by atoms with Crippen LogP contribution in [0.2, 0.25) is 0 Å². The Morgan fingerprint density at radius 2 is 2.32 bits per heavy atom. The maximum Gasteiger partial charge on any atom is 0.338 e. The number of carboxylic acids is 1. The van der Waals surface area contributed by atoms with Crippen LogP contribution in [0.1, 0.15) is 22.1 Å². The van der Waals surface area contributed by atoms with Gasteiger partial charge in [0.2, 0.25) is 5.89 Å². The molecule has 3 N–H and O–H groups in total. The lowest BCUT2D eigenvalue weighted by Gasteiger charge is -2.04. The van der Waals surface area contributed by atoms with Gasteiger partial charge in [0.15, 0.2) is 5.82 Å². The standard InChI is InChI=1S/C10H10N4O4S/c1-5-12-7(14-18-5)4-11-10(17)13-8-6(9(15)16)2-3-19-8/h2-3H,4H2,1H3,(H,15,16)(H2,11,13,17). The van der Waals surface area contributed by atoms with Crippen molar-refractivity contribution in [2.24, 2.45) is 0 Å². The zero-order chi connectivity index (χ0) is 13.8. The lowest BCUT2D eigenvalue weighted by Crippen LogP contribution is -2.28. The minimum atomic E-state index is -1.09. The van der Waals surface area contributed by atoms with E-state index in [0.717, 1.165) is 11.3 Å². The second-order valence-corrected chi connectivity index (χ2v) is 4.42. The molecular formula is C10H10N4O4S. The summed E-state index contributed by atoms with van der Waals surface area (Å²) in [6.45, 7) is 1.73. The van der Waals surface area contributed by atoms with Gasteiger partial charge in [-0.3, -0.25) is 5.32 Å². The van der Waals surface area contributed by atoms with Crippen LogP contribution < -0.4 is 10.6 Å². The van der Waals surface area contributed by atoms with Crippen molar-refractivity contribution in [1.29, 1.82) is 0 Å². The number of urea groups is 1. The third kappa shape index (κ3) is 3.28. The average Bonchev–Trinajstić information content (AvgIpc) is 2.95. The van der Waals surface area contributed by atoms with Crippen molar-refractivity contribution in [2.75, 3.05) is 5.32 Å². The predicted octanol–water partition coefficient (Wildman–Crippen LogP) is 1.46. The summed E-state index contributed by atoms with van der Waals surface area (Å²) in [6.07, 6.45) is 0. The van der Waals surface area contributed by atoms with Crippen molar-refractivity contribution in [1.82, 2.24) is 15.5 Å². The number of carbonyl (C=O) groups excluding carboxylic acids is 1. The number of aromatic nitrogens is 2. The summed E-state index contributed by atoms with van der Waals surface area (Å²) in [5.41, 5.74) is 0.0514. The van der Waals surface area contributed by atoms with Crippen molar-refractivity contribution in [3.63, 3.8) is 0 Å². The normalized spacial score (nSPS) is 10.2. The highest BCUT2D eigenvalue weighted by molar-refractivity contribution is 7.14. The highest BCUT2D eigenvalue weighted by atomic mass is 32.1. The third-order valence-electron chi connectivity index (χ3n) is 2.10. The van der Waals surface area contributed by atoms with E-state index >= 15 is 0 Å². The molecule has 2 aromatic heterocycles. The van der Waals surface area contributed by atoms with Gasteiger partial charge in [-0.25, -0.2) is 9.59 Å². The number of thiophene rings is 1. The van der Waals surface area contributed by atoms with Gasteiger partial charge in [-0.05, 0) is 11.4 Å². The molecule has 0 radical (unpaired) electrons. The summed E-state index contributed by atoms with van der Waals surface area (Å²) in [4.78, 5) is 26.3. The molecule has 0 saturated heterocycles. The Kier molecular flexibility index (Phi) is 3.76. The Balaban J connectivity index is 1.90. The van der Waals surface area contributed by atoms with Gasteiger partial charge in [-0.1, -0.05) is 5.16 Å². The van der Waals surface area contributed by atoms with Crippen LogP contribution in [-0.4, -0.2) is 27.2 Å². The molecule has 19 heavy (non-hydrogen) atoms. The lowest BCUT2D eigenvalue weighted by atomic mass is 10.3. The second kappa shape index (κ2) is 5.48. The van der Waals surface area contributed by atoms with E-state index in [2.05, 4.69) is 20.8 Å². The van der Waals surface area contributed by atoms with E-state index in [-0.39, 0.29) is 17.1 Å². The first-order chi connectivity index (χ1) is 9.06. The minimum Gasteiger partial charge on any atom is -0.478 e. The highest BCUT2D eigenvalue weighted by Gasteiger charge is 2.14. The number of aryl methyl sites for hydroxylation is 1. The average molecular weight is 282 g/mol. The Morgan fingerprint density at radius 1 is 1.53 bits per heavy atom. The molecule has 0 aliphatic rings. The molecule has 2 rings (SSSR count).